The number of amides is 1. The van der Waals surface area contributed by atoms with Gasteiger partial charge in [-0.25, -0.2) is 0 Å². The van der Waals surface area contributed by atoms with Crippen molar-refractivity contribution in [1.29, 1.82) is 0 Å². The second-order valence-corrected chi connectivity index (χ2v) is 8.30. The van der Waals surface area contributed by atoms with E-state index >= 15 is 0 Å². The molecule has 1 aliphatic rings. The number of nitrogens with one attached hydrogen (secondary N) is 1. The minimum atomic E-state index is -0.374. The Morgan fingerprint density at radius 2 is 2.20 bits per heavy atom. The summed E-state index contributed by atoms with van der Waals surface area (Å²) < 4.78 is 5.93. The van der Waals surface area contributed by atoms with E-state index in [-0.39, 0.29) is 17.8 Å². The van der Waals surface area contributed by atoms with Gasteiger partial charge < -0.3 is 10.1 Å². The number of ketones is 1. The van der Waals surface area contributed by atoms with Gasteiger partial charge in [-0.3, -0.25) is 14.6 Å². The summed E-state index contributed by atoms with van der Waals surface area (Å²) in [5, 5.41) is 3.29. The fourth-order valence-electron chi connectivity index (χ4n) is 3.14. The molecule has 0 spiro atoms. The summed E-state index contributed by atoms with van der Waals surface area (Å²) in [5.74, 6) is 5.64. The van der Waals surface area contributed by atoms with E-state index in [2.05, 4.69) is 22.1 Å². The lowest BCUT2D eigenvalue weighted by Gasteiger charge is -2.10. The lowest BCUT2D eigenvalue weighted by atomic mass is 10.1. The van der Waals surface area contributed by atoms with Crippen molar-refractivity contribution < 1.29 is 14.3 Å². The lowest BCUT2D eigenvalue weighted by Crippen LogP contribution is -2.33. The number of ether oxygens (including phenoxy) is 1. The van der Waals surface area contributed by atoms with Gasteiger partial charge in [0.25, 0.3) is 5.91 Å². The molecular formula is C23H17ClN2O3S. The second-order valence-electron chi connectivity index (χ2n) is 6.81. The Hall–Kier alpha value is -3.14. The standard InChI is InChI=1S/C23H17ClN2O3S/c1-14(27)20-5-6-21(30-20)16-9-17-10-18(29-23(17)19(24)11-16)13-26-22(28)7-4-15-3-2-8-25-12-15/h2-3,5-6,8-9,11-12,18H,10,13H2,1H3,(H,26,28). The first-order valence-corrected chi connectivity index (χ1v) is 10.5. The number of Topliss-reactive ketones (excluding diaryl/α,β-unsaturated/α-hetero) is 1. The quantitative estimate of drug-likeness (QED) is 0.493. The third-order valence-electron chi connectivity index (χ3n) is 4.56. The summed E-state index contributed by atoms with van der Waals surface area (Å²) in [4.78, 5) is 29.2. The predicted molar refractivity (Wildman–Crippen MR) is 117 cm³/mol. The summed E-state index contributed by atoms with van der Waals surface area (Å²) in [6, 6.07) is 11.2. The fraction of sp³-hybridized carbons (Fsp3) is 0.174. The Morgan fingerprint density at radius 1 is 1.33 bits per heavy atom. The molecule has 0 fully saturated rings. The summed E-state index contributed by atoms with van der Waals surface area (Å²) in [6.07, 6.45) is 3.67. The molecule has 5 nitrogen and oxygen atoms in total. The van der Waals surface area contributed by atoms with Crippen LogP contribution in [0, 0.1) is 11.8 Å². The number of pyridine rings is 1. The average Bonchev–Trinajstić information content (AvgIpc) is 3.39. The monoisotopic (exact) mass is 436 g/mol. The van der Waals surface area contributed by atoms with Crippen LogP contribution in [0.15, 0.2) is 48.8 Å². The third kappa shape index (κ3) is 4.54. The summed E-state index contributed by atoms with van der Waals surface area (Å²) in [6.45, 7) is 1.88. The third-order valence-corrected chi connectivity index (χ3v) is 6.08. The Morgan fingerprint density at radius 3 is 2.93 bits per heavy atom. The van der Waals surface area contributed by atoms with Crippen LogP contribution in [-0.4, -0.2) is 29.3 Å². The van der Waals surface area contributed by atoms with E-state index in [1.54, 1.807) is 31.5 Å². The van der Waals surface area contributed by atoms with E-state index < -0.39 is 0 Å². The molecule has 0 bridgehead atoms. The molecule has 1 aromatic carbocycles. The van der Waals surface area contributed by atoms with Crippen LogP contribution < -0.4 is 10.1 Å². The molecule has 1 unspecified atom stereocenters. The molecule has 30 heavy (non-hydrogen) atoms. The van der Waals surface area contributed by atoms with Crippen LogP contribution in [0.2, 0.25) is 5.02 Å². The number of benzene rings is 1. The van der Waals surface area contributed by atoms with Crippen LogP contribution in [0.5, 0.6) is 5.75 Å². The normalized spacial score (nSPS) is 14.3. The van der Waals surface area contributed by atoms with Gasteiger partial charge in [-0.1, -0.05) is 17.5 Å². The van der Waals surface area contributed by atoms with Crippen molar-refractivity contribution in [3.05, 3.63) is 69.8 Å². The van der Waals surface area contributed by atoms with Gasteiger partial charge in [0.2, 0.25) is 0 Å². The lowest BCUT2D eigenvalue weighted by molar-refractivity contribution is -0.116. The number of hydrogen-bond acceptors (Lipinski definition) is 5. The van der Waals surface area contributed by atoms with Gasteiger partial charge in [-0.15, -0.1) is 11.3 Å². The van der Waals surface area contributed by atoms with Gasteiger partial charge >= 0.3 is 0 Å². The number of carbonyl (C=O) groups is 2. The molecule has 0 aliphatic carbocycles. The van der Waals surface area contributed by atoms with Crippen molar-refractivity contribution >= 4 is 34.6 Å². The number of aromatic nitrogens is 1. The first kappa shape index (κ1) is 20.1. The maximum Gasteiger partial charge on any atom is 0.296 e. The van der Waals surface area contributed by atoms with Gasteiger partial charge in [-0.05, 0) is 48.9 Å². The minimum Gasteiger partial charge on any atom is -0.486 e. The zero-order chi connectivity index (χ0) is 21.1. The fourth-order valence-corrected chi connectivity index (χ4v) is 4.31. The molecule has 4 rings (SSSR count). The van der Waals surface area contributed by atoms with Gasteiger partial charge in [0.1, 0.15) is 11.9 Å². The summed E-state index contributed by atoms with van der Waals surface area (Å²) >= 11 is 7.88. The first-order valence-electron chi connectivity index (χ1n) is 9.29. The highest BCUT2D eigenvalue weighted by molar-refractivity contribution is 7.17. The van der Waals surface area contributed by atoms with Crippen LogP contribution in [0.4, 0.5) is 0 Å². The van der Waals surface area contributed by atoms with Gasteiger partial charge in [0.05, 0.1) is 16.4 Å². The SMILES string of the molecule is CC(=O)c1ccc(-c2cc(Cl)c3c(c2)CC(CNC(=O)C#Cc2cccnc2)O3)s1. The number of nitrogens with zero attached hydrogens (tertiary/aromatic N) is 1. The van der Waals surface area contributed by atoms with Crippen molar-refractivity contribution in [3.8, 4) is 28.0 Å². The molecule has 2 aromatic heterocycles. The highest BCUT2D eigenvalue weighted by Gasteiger charge is 2.26. The van der Waals surface area contributed by atoms with Crippen molar-refractivity contribution in [2.45, 2.75) is 19.4 Å². The summed E-state index contributed by atoms with van der Waals surface area (Å²) in [7, 11) is 0. The molecule has 1 N–H and O–H groups in total. The second kappa shape index (κ2) is 8.70. The van der Waals surface area contributed by atoms with Gasteiger partial charge in [0.15, 0.2) is 5.78 Å². The molecule has 1 amide bonds. The average molecular weight is 437 g/mol. The highest BCUT2D eigenvalue weighted by atomic mass is 35.5. The topological polar surface area (TPSA) is 68.3 Å². The molecule has 150 valence electrons. The number of thiophene rings is 1. The molecule has 1 aliphatic heterocycles. The van der Waals surface area contributed by atoms with E-state index in [0.717, 1.165) is 16.0 Å². The Labute approximate surface area is 183 Å². The molecule has 3 aromatic rings. The number of hydrogen-bond donors (Lipinski definition) is 1. The largest absolute Gasteiger partial charge is 0.486 e. The van der Waals surface area contributed by atoms with Crippen LogP contribution in [-0.2, 0) is 11.2 Å². The van der Waals surface area contributed by atoms with Crippen molar-refractivity contribution in [3.63, 3.8) is 0 Å². The Kier molecular flexibility index (Phi) is 5.84. The van der Waals surface area contributed by atoms with Crippen LogP contribution in [0.3, 0.4) is 0 Å². The summed E-state index contributed by atoms with van der Waals surface area (Å²) in [5.41, 5.74) is 2.61. The number of carbonyl (C=O) groups excluding carboxylic acids is 2. The predicted octanol–water partition coefficient (Wildman–Crippen LogP) is 4.14. The minimum absolute atomic E-state index is 0.0456. The zero-order valence-corrected chi connectivity index (χ0v) is 17.6. The molecular weight excluding hydrogens is 420 g/mol. The van der Waals surface area contributed by atoms with Gasteiger partial charge in [-0.2, -0.15) is 0 Å². The van der Waals surface area contributed by atoms with E-state index in [1.165, 1.54) is 11.3 Å². The number of halogens is 1. The van der Waals surface area contributed by atoms with E-state index in [9.17, 15) is 9.59 Å². The van der Waals surface area contributed by atoms with Crippen molar-refractivity contribution in [2.24, 2.45) is 0 Å². The van der Waals surface area contributed by atoms with Crippen LogP contribution >= 0.6 is 22.9 Å². The van der Waals surface area contributed by atoms with Crippen LogP contribution in [0.25, 0.3) is 10.4 Å². The molecule has 7 heteroatoms. The van der Waals surface area contributed by atoms with Crippen LogP contribution in [0.1, 0.15) is 27.7 Å². The highest BCUT2D eigenvalue weighted by Crippen LogP contribution is 2.41. The number of fused-ring (bicyclic) bond motifs is 1. The Balaban J connectivity index is 1.40. The molecule has 0 radical (unpaired) electrons. The van der Waals surface area contributed by atoms with Crippen molar-refractivity contribution in [2.75, 3.05) is 6.54 Å². The zero-order valence-electron chi connectivity index (χ0n) is 16.1. The van der Waals surface area contributed by atoms with E-state index in [4.69, 9.17) is 16.3 Å². The maximum absolute atomic E-state index is 12.0. The smallest absolute Gasteiger partial charge is 0.296 e. The molecule has 0 saturated carbocycles. The molecule has 3 heterocycles. The molecule has 0 saturated heterocycles. The maximum atomic E-state index is 12.0. The van der Waals surface area contributed by atoms with E-state index in [0.29, 0.717) is 34.2 Å². The van der Waals surface area contributed by atoms with Crippen molar-refractivity contribution in [1.82, 2.24) is 10.3 Å². The number of rotatable bonds is 4. The van der Waals surface area contributed by atoms with E-state index in [1.807, 2.05) is 24.3 Å². The molecule has 1 atom stereocenters. The van der Waals surface area contributed by atoms with Gasteiger partial charge in [0, 0.05) is 40.7 Å². The first-order chi connectivity index (χ1) is 14.5. The Bertz CT molecular complexity index is 1180.